The van der Waals surface area contributed by atoms with Crippen LogP contribution in [-0.4, -0.2) is 53.4 Å². The Morgan fingerprint density at radius 3 is 2.39 bits per heavy atom. The average Bonchev–Trinajstić information content (AvgIpc) is 2.76. The molecule has 2 aromatic rings. The van der Waals surface area contributed by atoms with Gasteiger partial charge in [-0.05, 0) is 62.9 Å². The van der Waals surface area contributed by atoms with E-state index in [2.05, 4.69) is 58.3 Å². The van der Waals surface area contributed by atoms with Gasteiger partial charge in [0, 0.05) is 36.8 Å². The summed E-state index contributed by atoms with van der Waals surface area (Å²) in [5.74, 6) is 0.832. The molecule has 2 saturated heterocycles. The van der Waals surface area contributed by atoms with E-state index in [0.29, 0.717) is 18.4 Å². The number of aromatic nitrogens is 1. The molecule has 0 spiro atoms. The van der Waals surface area contributed by atoms with Gasteiger partial charge < -0.3 is 4.90 Å². The zero-order chi connectivity index (χ0) is 19.2. The van der Waals surface area contributed by atoms with E-state index in [1.807, 2.05) is 0 Å². The summed E-state index contributed by atoms with van der Waals surface area (Å²) in [5.41, 5.74) is 3.67. The third-order valence-electron chi connectivity index (χ3n) is 6.13. The van der Waals surface area contributed by atoms with E-state index in [1.165, 1.54) is 30.5 Å². The van der Waals surface area contributed by atoms with Gasteiger partial charge in [0.05, 0.1) is 6.54 Å². The standard InChI is InChI=1S/C24H31N3O/c28-24(27-14-5-2-6-15-27)19-26-16-12-21(13-17-26)23-11-7-10-22(25-23)18-20-8-3-1-4-9-20/h1,3-4,7-11,21H,2,5-6,12-19H2. The highest BCUT2D eigenvalue weighted by Crippen LogP contribution is 2.27. The van der Waals surface area contributed by atoms with Crippen LogP contribution in [0.25, 0.3) is 0 Å². The summed E-state index contributed by atoms with van der Waals surface area (Å²) in [6, 6.07) is 17.0. The van der Waals surface area contributed by atoms with Crippen LogP contribution in [0.3, 0.4) is 0 Å². The number of piperidine rings is 2. The van der Waals surface area contributed by atoms with Gasteiger partial charge in [0.15, 0.2) is 0 Å². The van der Waals surface area contributed by atoms with Gasteiger partial charge in [-0.25, -0.2) is 0 Å². The van der Waals surface area contributed by atoms with Crippen molar-refractivity contribution in [1.29, 1.82) is 0 Å². The number of pyridine rings is 1. The zero-order valence-electron chi connectivity index (χ0n) is 16.7. The van der Waals surface area contributed by atoms with Gasteiger partial charge >= 0.3 is 0 Å². The van der Waals surface area contributed by atoms with Gasteiger partial charge in [0.25, 0.3) is 0 Å². The van der Waals surface area contributed by atoms with Crippen molar-refractivity contribution in [2.75, 3.05) is 32.7 Å². The summed E-state index contributed by atoms with van der Waals surface area (Å²) in [6.07, 6.45) is 6.67. The van der Waals surface area contributed by atoms with Crippen LogP contribution in [0, 0.1) is 0 Å². The highest BCUT2D eigenvalue weighted by Gasteiger charge is 2.25. The Labute approximate surface area is 168 Å². The molecular formula is C24H31N3O. The second-order valence-corrected chi connectivity index (χ2v) is 8.21. The summed E-state index contributed by atoms with van der Waals surface area (Å²) < 4.78 is 0. The van der Waals surface area contributed by atoms with Crippen LogP contribution in [0.15, 0.2) is 48.5 Å². The van der Waals surface area contributed by atoms with E-state index in [4.69, 9.17) is 4.98 Å². The number of rotatable bonds is 5. The van der Waals surface area contributed by atoms with Gasteiger partial charge in [0.2, 0.25) is 5.91 Å². The van der Waals surface area contributed by atoms with Gasteiger partial charge in [-0.1, -0.05) is 36.4 Å². The number of hydrogen-bond acceptors (Lipinski definition) is 3. The van der Waals surface area contributed by atoms with Crippen LogP contribution in [0.4, 0.5) is 0 Å². The Bertz CT molecular complexity index is 762. The predicted molar refractivity (Wildman–Crippen MR) is 112 cm³/mol. The summed E-state index contributed by atoms with van der Waals surface area (Å²) in [6.45, 7) is 4.48. The van der Waals surface area contributed by atoms with E-state index in [0.717, 1.165) is 51.1 Å². The van der Waals surface area contributed by atoms with Crippen LogP contribution < -0.4 is 0 Å². The molecule has 0 radical (unpaired) electrons. The molecule has 0 atom stereocenters. The molecule has 1 amide bonds. The molecule has 0 aliphatic carbocycles. The number of likely N-dealkylation sites (tertiary alicyclic amines) is 2. The van der Waals surface area contributed by atoms with Gasteiger partial charge in [-0.2, -0.15) is 0 Å². The van der Waals surface area contributed by atoms with E-state index in [9.17, 15) is 4.79 Å². The highest BCUT2D eigenvalue weighted by molar-refractivity contribution is 5.78. The molecule has 3 heterocycles. The fourth-order valence-electron chi connectivity index (χ4n) is 4.45. The van der Waals surface area contributed by atoms with E-state index >= 15 is 0 Å². The Hall–Kier alpha value is -2.20. The third kappa shape index (κ3) is 4.99. The number of carbonyl (C=O) groups excluding carboxylic acids is 1. The number of carbonyl (C=O) groups is 1. The molecule has 0 saturated carbocycles. The molecular weight excluding hydrogens is 346 g/mol. The van der Waals surface area contributed by atoms with Crippen molar-refractivity contribution >= 4 is 5.91 Å². The van der Waals surface area contributed by atoms with E-state index in [1.54, 1.807) is 0 Å². The van der Waals surface area contributed by atoms with Crippen LogP contribution in [0.5, 0.6) is 0 Å². The molecule has 2 aliphatic heterocycles. The molecule has 0 unspecified atom stereocenters. The van der Waals surface area contributed by atoms with Crippen LogP contribution in [0.2, 0.25) is 0 Å². The second-order valence-electron chi connectivity index (χ2n) is 8.21. The minimum Gasteiger partial charge on any atom is -0.342 e. The van der Waals surface area contributed by atoms with Crippen molar-refractivity contribution < 1.29 is 4.79 Å². The lowest BCUT2D eigenvalue weighted by Gasteiger charge is -2.34. The quantitative estimate of drug-likeness (QED) is 0.794. The van der Waals surface area contributed by atoms with E-state index in [-0.39, 0.29) is 0 Å². The van der Waals surface area contributed by atoms with Crippen molar-refractivity contribution in [2.45, 2.75) is 44.4 Å². The molecule has 1 aromatic heterocycles. The molecule has 0 bridgehead atoms. The lowest BCUT2D eigenvalue weighted by Crippen LogP contribution is -2.44. The Balaban J connectivity index is 1.30. The average molecular weight is 378 g/mol. The second kappa shape index (κ2) is 9.33. The highest BCUT2D eigenvalue weighted by atomic mass is 16.2. The van der Waals surface area contributed by atoms with Crippen molar-refractivity contribution in [1.82, 2.24) is 14.8 Å². The van der Waals surface area contributed by atoms with Crippen molar-refractivity contribution in [3.8, 4) is 0 Å². The third-order valence-corrected chi connectivity index (χ3v) is 6.13. The normalized spacial score (nSPS) is 18.9. The van der Waals surface area contributed by atoms with Crippen molar-refractivity contribution in [3.05, 3.63) is 65.5 Å². The summed E-state index contributed by atoms with van der Waals surface area (Å²) in [5, 5.41) is 0. The summed E-state index contributed by atoms with van der Waals surface area (Å²) in [7, 11) is 0. The Morgan fingerprint density at radius 2 is 1.64 bits per heavy atom. The predicted octanol–water partition coefficient (Wildman–Crippen LogP) is 3.86. The van der Waals surface area contributed by atoms with Gasteiger partial charge in [0.1, 0.15) is 0 Å². The zero-order valence-corrected chi connectivity index (χ0v) is 16.7. The minimum absolute atomic E-state index is 0.320. The first-order valence-electron chi connectivity index (χ1n) is 10.8. The maximum absolute atomic E-state index is 12.5. The van der Waals surface area contributed by atoms with E-state index < -0.39 is 0 Å². The van der Waals surface area contributed by atoms with Crippen molar-refractivity contribution in [3.63, 3.8) is 0 Å². The molecule has 2 fully saturated rings. The summed E-state index contributed by atoms with van der Waals surface area (Å²) in [4.78, 5) is 21.9. The maximum atomic E-state index is 12.5. The topological polar surface area (TPSA) is 36.4 Å². The van der Waals surface area contributed by atoms with Gasteiger partial charge in [-0.3, -0.25) is 14.7 Å². The smallest absolute Gasteiger partial charge is 0.236 e. The minimum atomic E-state index is 0.320. The van der Waals surface area contributed by atoms with Crippen LogP contribution >= 0.6 is 0 Å². The maximum Gasteiger partial charge on any atom is 0.236 e. The molecule has 148 valence electrons. The molecule has 1 aromatic carbocycles. The monoisotopic (exact) mass is 377 g/mol. The first-order valence-corrected chi connectivity index (χ1v) is 10.8. The number of amides is 1. The van der Waals surface area contributed by atoms with Crippen LogP contribution in [-0.2, 0) is 11.2 Å². The fourth-order valence-corrected chi connectivity index (χ4v) is 4.45. The fraction of sp³-hybridized carbons (Fsp3) is 0.500. The molecule has 28 heavy (non-hydrogen) atoms. The molecule has 4 rings (SSSR count). The molecule has 4 heteroatoms. The number of nitrogens with zero attached hydrogens (tertiary/aromatic N) is 3. The first-order chi connectivity index (χ1) is 13.8. The number of hydrogen-bond donors (Lipinski definition) is 0. The SMILES string of the molecule is O=C(CN1CCC(c2cccc(Cc3ccccc3)n2)CC1)N1CCCCC1. The Kier molecular flexibility index (Phi) is 6.38. The lowest BCUT2D eigenvalue weighted by molar-refractivity contribution is -0.133. The van der Waals surface area contributed by atoms with Gasteiger partial charge in [-0.15, -0.1) is 0 Å². The molecule has 4 nitrogen and oxygen atoms in total. The number of benzene rings is 1. The first kappa shape index (κ1) is 19.1. The van der Waals surface area contributed by atoms with Crippen LogP contribution in [0.1, 0.15) is 55.0 Å². The Morgan fingerprint density at radius 1 is 0.893 bits per heavy atom. The lowest BCUT2D eigenvalue weighted by atomic mass is 9.92. The molecule has 0 N–H and O–H groups in total. The largest absolute Gasteiger partial charge is 0.342 e. The molecule has 2 aliphatic rings. The van der Waals surface area contributed by atoms with Crippen molar-refractivity contribution in [2.24, 2.45) is 0 Å². The summed E-state index contributed by atoms with van der Waals surface area (Å²) >= 11 is 0.